The average Bonchev–Trinajstić information content (AvgIpc) is 2.54. The molecule has 0 aliphatic heterocycles. The minimum absolute atomic E-state index is 0.191. The summed E-state index contributed by atoms with van der Waals surface area (Å²) in [6.45, 7) is 8.97. The van der Waals surface area contributed by atoms with Gasteiger partial charge in [0.2, 0.25) is 5.91 Å². The van der Waals surface area contributed by atoms with Crippen LogP contribution in [0.3, 0.4) is 0 Å². The molecule has 0 saturated heterocycles. The molecule has 6 nitrogen and oxygen atoms in total. The lowest BCUT2D eigenvalue weighted by Crippen LogP contribution is -2.61. The number of likely N-dealkylation sites (N-methyl/N-ethyl adjacent to an activating group) is 1. The third kappa shape index (κ3) is 4.41. The highest BCUT2D eigenvalue weighted by Gasteiger charge is 2.47. The lowest BCUT2D eigenvalue weighted by molar-refractivity contribution is -0.162. The summed E-state index contributed by atoms with van der Waals surface area (Å²) in [6, 6.07) is 9.02. The van der Waals surface area contributed by atoms with E-state index in [1.54, 1.807) is 36.1 Å². The number of Topliss-reactive ketones (excluding diaryl/α,β-unsaturated/α-hetero) is 1. The van der Waals surface area contributed by atoms with Crippen LogP contribution in [0.1, 0.15) is 46.1 Å². The van der Waals surface area contributed by atoms with Crippen LogP contribution < -0.4 is 5.48 Å². The third-order valence-corrected chi connectivity index (χ3v) is 4.02. The van der Waals surface area contributed by atoms with Crippen molar-refractivity contribution >= 4 is 17.7 Å². The van der Waals surface area contributed by atoms with E-state index in [0.717, 1.165) is 0 Å². The van der Waals surface area contributed by atoms with Crippen LogP contribution in [0.15, 0.2) is 30.3 Å². The number of ketones is 1. The molecule has 0 aromatic heterocycles. The van der Waals surface area contributed by atoms with Crippen molar-refractivity contribution < 1.29 is 19.2 Å². The highest BCUT2D eigenvalue weighted by molar-refractivity contribution is 5.96. The summed E-state index contributed by atoms with van der Waals surface area (Å²) in [5.41, 5.74) is 1.85. The fourth-order valence-electron chi connectivity index (χ4n) is 2.86. The van der Waals surface area contributed by atoms with Gasteiger partial charge in [-0.05, 0) is 33.3 Å². The first-order valence-electron chi connectivity index (χ1n) is 8.07. The molecular weight excluding hydrogens is 308 g/mol. The third-order valence-electron chi connectivity index (χ3n) is 4.02. The van der Waals surface area contributed by atoms with Crippen LogP contribution in [-0.2, 0) is 19.2 Å². The van der Waals surface area contributed by atoms with Crippen molar-refractivity contribution in [2.75, 3.05) is 13.1 Å². The van der Waals surface area contributed by atoms with E-state index in [-0.39, 0.29) is 11.7 Å². The Hall–Kier alpha value is -2.21. The molecular formula is C18H26N2O4. The van der Waals surface area contributed by atoms with Crippen LogP contribution in [0.25, 0.3) is 0 Å². The minimum atomic E-state index is -1.40. The van der Waals surface area contributed by atoms with Gasteiger partial charge in [0.1, 0.15) is 11.3 Å². The van der Waals surface area contributed by atoms with Crippen LogP contribution in [0, 0.1) is 0 Å². The van der Waals surface area contributed by atoms with Gasteiger partial charge in [-0.15, -0.1) is 5.48 Å². The quantitative estimate of drug-likeness (QED) is 0.737. The molecule has 0 saturated carbocycles. The molecule has 0 heterocycles. The largest absolute Gasteiger partial charge is 0.370 e. The van der Waals surface area contributed by atoms with Gasteiger partial charge in [-0.2, -0.15) is 0 Å². The Kier molecular flexibility index (Phi) is 7.10. The smallest absolute Gasteiger partial charge is 0.321 e. The molecule has 0 unspecified atom stereocenters. The molecule has 0 fully saturated rings. The average molecular weight is 334 g/mol. The zero-order chi connectivity index (χ0) is 18.3. The van der Waals surface area contributed by atoms with Crippen molar-refractivity contribution in [1.82, 2.24) is 10.4 Å². The zero-order valence-corrected chi connectivity index (χ0v) is 15.0. The van der Waals surface area contributed by atoms with Gasteiger partial charge in [-0.25, -0.2) is 0 Å². The summed E-state index contributed by atoms with van der Waals surface area (Å²) in [7, 11) is 0. The number of rotatable bonds is 8. The highest BCUT2D eigenvalue weighted by atomic mass is 16.7. The van der Waals surface area contributed by atoms with Gasteiger partial charge < -0.3 is 9.74 Å². The Morgan fingerprint density at radius 2 is 1.67 bits per heavy atom. The maximum absolute atomic E-state index is 13.1. The first kappa shape index (κ1) is 19.8. The molecule has 0 aliphatic carbocycles. The summed E-state index contributed by atoms with van der Waals surface area (Å²) in [5.74, 6) is -1.85. The molecule has 1 amide bonds. The number of carbonyl (C=O) groups is 3. The Morgan fingerprint density at radius 1 is 1.12 bits per heavy atom. The number of amides is 1. The number of nitrogens with zero attached hydrogens (tertiary/aromatic N) is 1. The molecule has 6 heteroatoms. The second-order valence-electron chi connectivity index (χ2n) is 5.83. The van der Waals surface area contributed by atoms with Crippen LogP contribution in [0.4, 0.5) is 0 Å². The van der Waals surface area contributed by atoms with Crippen molar-refractivity contribution in [3.05, 3.63) is 35.9 Å². The van der Waals surface area contributed by atoms with Gasteiger partial charge in [-0.1, -0.05) is 30.3 Å². The first-order chi connectivity index (χ1) is 11.3. The topological polar surface area (TPSA) is 75.7 Å². The summed E-state index contributed by atoms with van der Waals surface area (Å²) in [6.07, 6.45) is 0. The van der Waals surface area contributed by atoms with E-state index >= 15 is 0 Å². The number of benzene rings is 1. The normalized spacial score (nSPS) is 14.4. The lowest BCUT2D eigenvalue weighted by Gasteiger charge is -2.38. The van der Waals surface area contributed by atoms with Crippen molar-refractivity contribution in [3.63, 3.8) is 0 Å². The van der Waals surface area contributed by atoms with E-state index in [4.69, 9.17) is 4.84 Å². The second-order valence-corrected chi connectivity index (χ2v) is 5.83. The van der Waals surface area contributed by atoms with Gasteiger partial charge in [0, 0.05) is 20.0 Å². The Morgan fingerprint density at radius 3 is 2.08 bits per heavy atom. The fraction of sp³-hybridized carbons (Fsp3) is 0.500. The lowest BCUT2D eigenvalue weighted by atomic mass is 9.77. The summed E-state index contributed by atoms with van der Waals surface area (Å²) in [5, 5.41) is 0. The van der Waals surface area contributed by atoms with Crippen molar-refractivity contribution in [1.29, 1.82) is 0 Å². The predicted molar refractivity (Wildman–Crippen MR) is 91.1 cm³/mol. The van der Waals surface area contributed by atoms with E-state index in [9.17, 15) is 14.4 Å². The summed E-state index contributed by atoms with van der Waals surface area (Å²) >= 11 is 0. The monoisotopic (exact) mass is 334 g/mol. The van der Waals surface area contributed by atoms with E-state index in [1.807, 2.05) is 19.9 Å². The first-order valence-corrected chi connectivity index (χ1v) is 8.07. The molecule has 0 aliphatic rings. The Balaban J connectivity index is 3.39. The predicted octanol–water partition coefficient (Wildman–Crippen LogP) is 2.05. The van der Waals surface area contributed by atoms with Crippen molar-refractivity contribution in [3.8, 4) is 0 Å². The second kappa shape index (κ2) is 8.59. The molecule has 1 N–H and O–H groups in total. The molecule has 0 radical (unpaired) electrons. The maximum atomic E-state index is 13.1. The minimum Gasteiger partial charge on any atom is -0.370 e. The van der Waals surface area contributed by atoms with E-state index < -0.39 is 17.4 Å². The van der Waals surface area contributed by atoms with E-state index in [2.05, 4.69) is 5.48 Å². The number of hydrogen-bond donors (Lipinski definition) is 1. The number of nitrogens with one attached hydrogen (secondary N) is 1. The van der Waals surface area contributed by atoms with Gasteiger partial charge in [0.25, 0.3) is 0 Å². The molecule has 24 heavy (non-hydrogen) atoms. The molecule has 1 rings (SSSR count). The highest BCUT2D eigenvalue weighted by Crippen LogP contribution is 2.31. The zero-order valence-electron chi connectivity index (χ0n) is 15.0. The molecule has 0 bridgehead atoms. The Bertz CT molecular complexity index is 584. The van der Waals surface area contributed by atoms with Crippen molar-refractivity contribution in [2.45, 2.75) is 46.1 Å². The van der Waals surface area contributed by atoms with Gasteiger partial charge >= 0.3 is 5.97 Å². The van der Waals surface area contributed by atoms with Crippen molar-refractivity contribution in [2.24, 2.45) is 0 Å². The maximum Gasteiger partial charge on any atom is 0.321 e. The van der Waals surface area contributed by atoms with Gasteiger partial charge in [-0.3, -0.25) is 14.4 Å². The number of hydrogen-bond acceptors (Lipinski definition) is 5. The molecule has 1 aromatic rings. The summed E-state index contributed by atoms with van der Waals surface area (Å²) in [4.78, 5) is 43.3. The SMILES string of the molecule is CCN(CC)C(=O)[C@](C)(NOC(C)=O)[C@H](C(C)=O)c1ccccc1. The standard InChI is InChI=1S/C18H26N2O4/c1-6-20(7-2)17(23)18(5,19-24-14(4)22)16(13(3)21)15-11-9-8-10-12-15/h8-12,16,19H,6-7H2,1-5H3/t16-,18-/m1/s1. The Labute approximate surface area is 143 Å². The molecule has 0 spiro atoms. The van der Waals surface area contributed by atoms with E-state index in [1.165, 1.54) is 13.8 Å². The van der Waals surface area contributed by atoms with Gasteiger partial charge in [0.05, 0.1) is 5.92 Å². The molecule has 132 valence electrons. The van der Waals surface area contributed by atoms with Crippen LogP contribution in [0.5, 0.6) is 0 Å². The van der Waals surface area contributed by atoms with Gasteiger partial charge in [0.15, 0.2) is 0 Å². The van der Waals surface area contributed by atoms with Crippen LogP contribution in [0.2, 0.25) is 0 Å². The molecule has 1 aromatic carbocycles. The fourth-order valence-corrected chi connectivity index (χ4v) is 2.86. The van der Waals surface area contributed by atoms with Crippen LogP contribution in [-0.4, -0.2) is 41.2 Å². The van der Waals surface area contributed by atoms with Crippen LogP contribution >= 0.6 is 0 Å². The van der Waals surface area contributed by atoms with E-state index in [0.29, 0.717) is 18.7 Å². The number of carbonyl (C=O) groups excluding carboxylic acids is 3. The summed E-state index contributed by atoms with van der Waals surface area (Å²) < 4.78 is 0. The number of hydroxylamine groups is 1. The molecule has 2 atom stereocenters.